The van der Waals surface area contributed by atoms with Crippen LogP contribution in [0.25, 0.3) is 0 Å². The molecule has 19 heavy (non-hydrogen) atoms. The maximum absolute atomic E-state index is 6.34. The van der Waals surface area contributed by atoms with E-state index in [4.69, 9.17) is 12.3 Å². The van der Waals surface area contributed by atoms with Gasteiger partial charge in [-0.25, -0.2) is 0 Å². The molecule has 0 saturated heterocycles. The third-order valence-electron chi connectivity index (χ3n) is 2.97. The summed E-state index contributed by atoms with van der Waals surface area (Å²) >= 11 is 0. The normalized spacial score (nSPS) is 15.8. The minimum atomic E-state index is -1.43. The molecule has 0 rings (SSSR count). The van der Waals surface area contributed by atoms with E-state index in [1.54, 1.807) is 0 Å². The molecule has 3 nitrogen and oxygen atoms in total. The molecule has 0 unspecified atom stereocenters. The Kier molecular flexibility index (Phi) is 9.12. The van der Waals surface area contributed by atoms with Crippen LogP contribution in [0.5, 0.6) is 0 Å². The Hall–Kier alpha value is 1.18. The second kappa shape index (κ2) is 8.58. The van der Waals surface area contributed by atoms with E-state index in [1.807, 2.05) is 0 Å². The first-order valence-electron chi connectivity index (χ1n) is 7.39. The van der Waals surface area contributed by atoms with E-state index in [2.05, 4.69) is 52.4 Å². The average Bonchev–Trinajstić information content (AvgIpc) is 2.13. The monoisotopic (exact) mass is 370 g/mol. The van der Waals surface area contributed by atoms with E-state index in [-0.39, 0.29) is 29.3 Å². The maximum atomic E-state index is 6.34. The maximum Gasteiger partial charge on any atom is 0.171 e. The lowest BCUT2D eigenvalue weighted by atomic mass is 11.8. The molecule has 0 aliphatic rings. The summed E-state index contributed by atoms with van der Waals surface area (Å²) in [6, 6.07) is 0. The summed E-state index contributed by atoms with van der Waals surface area (Å²) in [5.41, 5.74) is 2.55. The van der Waals surface area contributed by atoms with E-state index < -0.39 is 25.0 Å². The quantitative estimate of drug-likeness (QED) is 0.545. The van der Waals surface area contributed by atoms with Crippen molar-refractivity contribution in [3.8, 4) is 0 Å². The van der Waals surface area contributed by atoms with Crippen LogP contribution in [-0.4, -0.2) is 54.2 Å². The molecule has 0 spiro atoms. The largest absolute Gasteiger partial charge is 0.461 e. The van der Waals surface area contributed by atoms with Gasteiger partial charge in [-0.15, -0.1) is 0 Å². The molecule has 0 aromatic rings. The molecule has 0 aliphatic heterocycles. The molecule has 0 aromatic heterocycles. The Balaban J connectivity index is 3.90. The van der Waals surface area contributed by atoms with Crippen molar-refractivity contribution in [2.45, 2.75) is 63.7 Å². The van der Waals surface area contributed by atoms with Crippen LogP contribution in [0.1, 0.15) is 0 Å². The highest BCUT2D eigenvalue weighted by Gasteiger charge is 2.27. The Labute approximate surface area is 130 Å². The fourth-order valence-corrected chi connectivity index (χ4v) is 19.8. The zero-order chi connectivity index (χ0) is 15.2. The molecule has 9 heteroatoms. The van der Waals surface area contributed by atoms with E-state index in [9.17, 15) is 0 Å². The lowest BCUT2D eigenvalue weighted by Crippen LogP contribution is -2.40. The Morgan fingerprint density at radius 1 is 0.684 bits per heavy atom. The van der Waals surface area contributed by atoms with E-state index in [0.29, 0.717) is 0 Å². The fourth-order valence-electron chi connectivity index (χ4n) is 1.71. The van der Waals surface area contributed by atoms with Gasteiger partial charge in [-0.2, -0.15) is 0 Å². The summed E-state index contributed by atoms with van der Waals surface area (Å²) in [6.07, 6.45) is 0. The van der Waals surface area contributed by atoms with Gasteiger partial charge in [0, 0.05) is 0 Å². The SMILES string of the molecule is C[SiH2]O[Si](C)(C)C[SiH2]O[Si](C)(C)C[SiH2]O[Si](C)(C)C. The predicted octanol–water partition coefficient (Wildman–Crippen LogP) is 1.50. The van der Waals surface area contributed by atoms with Crippen LogP contribution in [-0.2, 0) is 12.3 Å². The minimum absolute atomic E-state index is 0.250. The molecular formula is C10H34O3Si6. The Bertz CT molecular complexity index is 254. The summed E-state index contributed by atoms with van der Waals surface area (Å²) in [7, 11) is -5.07. The first-order chi connectivity index (χ1) is 8.47. The third-order valence-corrected chi connectivity index (χ3v) is 26.7. The van der Waals surface area contributed by atoms with Crippen LogP contribution in [0.2, 0.25) is 63.7 Å². The zero-order valence-corrected chi connectivity index (χ0v) is 21.5. The van der Waals surface area contributed by atoms with Gasteiger partial charge in [-0.3, -0.25) is 0 Å². The molecule has 0 fully saturated rings. The van der Waals surface area contributed by atoms with Crippen LogP contribution < -0.4 is 0 Å². The van der Waals surface area contributed by atoms with Crippen molar-refractivity contribution in [1.82, 2.24) is 0 Å². The van der Waals surface area contributed by atoms with Crippen molar-refractivity contribution in [2.75, 3.05) is 0 Å². The van der Waals surface area contributed by atoms with Gasteiger partial charge < -0.3 is 12.3 Å². The van der Waals surface area contributed by atoms with Gasteiger partial charge in [-0.1, -0.05) is 6.55 Å². The van der Waals surface area contributed by atoms with Gasteiger partial charge in [0.25, 0.3) is 0 Å². The molecule has 0 atom stereocenters. The van der Waals surface area contributed by atoms with Crippen molar-refractivity contribution in [3.05, 3.63) is 0 Å². The topological polar surface area (TPSA) is 27.7 Å². The highest BCUT2D eigenvalue weighted by atomic mass is 28.4. The Morgan fingerprint density at radius 3 is 1.53 bits per heavy atom. The second-order valence-corrected chi connectivity index (χ2v) is 27.4. The lowest BCUT2D eigenvalue weighted by Gasteiger charge is -2.28. The summed E-state index contributed by atoms with van der Waals surface area (Å²) in [5, 5.41) is 0. The summed E-state index contributed by atoms with van der Waals surface area (Å²) in [4.78, 5) is 0. The smallest absolute Gasteiger partial charge is 0.171 e. The van der Waals surface area contributed by atoms with Crippen LogP contribution in [0.4, 0.5) is 0 Å². The van der Waals surface area contributed by atoms with E-state index in [1.165, 1.54) is 11.3 Å². The van der Waals surface area contributed by atoms with Gasteiger partial charge >= 0.3 is 0 Å². The second-order valence-electron chi connectivity index (χ2n) is 7.26. The first-order valence-corrected chi connectivity index (χ1v) is 22.2. The minimum Gasteiger partial charge on any atom is -0.461 e. The van der Waals surface area contributed by atoms with Gasteiger partial charge in [0.05, 0.1) is 0 Å². The standard InChI is InChI=1S/C10H34O3Si6/c1-14-11-18(5,6)10-16-13-19(7,8)9-15-12-17(2,3)4/h9-10,14-16H2,1-8H3. The molecular weight excluding hydrogens is 337 g/mol. The summed E-state index contributed by atoms with van der Waals surface area (Å²) < 4.78 is 18.4. The van der Waals surface area contributed by atoms with Crippen molar-refractivity contribution in [3.63, 3.8) is 0 Å². The molecule has 0 heterocycles. The predicted molar refractivity (Wildman–Crippen MR) is 103 cm³/mol. The van der Waals surface area contributed by atoms with Gasteiger partial charge in [0.1, 0.15) is 29.3 Å². The van der Waals surface area contributed by atoms with Crippen LogP contribution in [0.3, 0.4) is 0 Å². The Morgan fingerprint density at radius 2 is 1.11 bits per heavy atom. The molecule has 0 aromatic carbocycles. The van der Waals surface area contributed by atoms with Gasteiger partial charge in [0.15, 0.2) is 25.0 Å². The van der Waals surface area contributed by atoms with Crippen molar-refractivity contribution in [1.29, 1.82) is 0 Å². The van der Waals surface area contributed by atoms with Crippen LogP contribution in [0.15, 0.2) is 0 Å². The first kappa shape index (κ1) is 20.2. The van der Waals surface area contributed by atoms with Crippen LogP contribution >= 0.6 is 0 Å². The molecule has 0 amide bonds. The van der Waals surface area contributed by atoms with Crippen molar-refractivity contribution >= 4 is 54.2 Å². The number of hydrogen-bond acceptors (Lipinski definition) is 3. The van der Waals surface area contributed by atoms with Crippen molar-refractivity contribution in [2.24, 2.45) is 0 Å². The van der Waals surface area contributed by atoms with Crippen LogP contribution in [0, 0.1) is 0 Å². The fraction of sp³-hybridized carbons (Fsp3) is 1.00. The van der Waals surface area contributed by atoms with Crippen molar-refractivity contribution < 1.29 is 12.3 Å². The van der Waals surface area contributed by atoms with Gasteiger partial charge in [0.2, 0.25) is 0 Å². The van der Waals surface area contributed by atoms with E-state index in [0.717, 1.165) is 0 Å². The molecule has 116 valence electrons. The molecule has 0 saturated carbocycles. The highest BCUT2D eigenvalue weighted by molar-refractivity contribution is 6.86. The average molecular weight is 371 g/mol. The molecule has 0 N–H and O–H groups in total. The lowest BCUT2D eigenvalue weighted by molar-refractivity contribution is 0.568. The zero-order valence-electron chi connectivity index (χ0n) is 14.3. The molecule has 0 radical (unpaired) electrons. The number of hydrogen-bond donors (Lipinski definition) is 0. The summed E-state index contributed by atoms with van der Waals surface area (Å²) in [6.45, 7) is 18.5. The number of rotatable bonds is 10. The van der Waals surface area contributed by atoms with Gasteiger partial charge in [-0.05, 0) is 57.2 Å². The summed E-state index contributed by atoms with van der Waals surface area (Å²) in [5.74, 6) is 0. The third kappa shape index (κ3) is 12.6. The molecule has 0 bridgehead atoms. The van der Waals surface area contributed by atoms with E-state index >= 15 is 0 Å². The molecule has 0 aliphatic carbocycles. The highest BCUT2D eigenvalue weighted by Crippen LogP contribution is 2.15.